The number of para-hydroxylation sites is 3. The second kappa shape index (κ2) is 13.7. The Bertz CT molecular complexity index is 2490. The number of ether oxygens (including phenoxy) is 1. The zero-order valence-corrected chi connectivity index (χ0v) is 33.0. The Hall–Kier alpha value is -5.07. The molecule has 0 spiro atoms. The van der Waals surface area contributed by atoms with Gasteiger partial charge in [0.25, 0.3) is 0 Å². The number of aromatic nitrogens is 2. The molecule has 1 aliphatic heterocycles. The summed E-state index contributed by atoms with van der Waals surface area (Å²) in [6.07, 6.45) is -2.56. The number of hydrogen-bond donors (Lipinski definition) is 0. The number of benzene rings is 5. The fraction of sp³-hybridized carbons (Fsp3) is 0.200. The first kappa shape index (κ1) is 37.3. The molecule has 0 radical (unpaired) electrons. The predicted molar refractivity (Wildman–Crippen MR) is 207 cm³/mol. The summed E-state index contributed by atoms with van der Waals surface area (Å²) in [4.78, 5) is 8.68. The van der Waals surface area contributed by atoms with Gasteiger partial charge in [-0.1, -0.05) is 77.4 Å². The fourth-order valence-electron chi connectivity index (χ4n) is 6.76. The van der Waals surface area contributed by atoms with Gasteiger partial charge in [0.05, 0.1) is 5.56 Å². The third-order valence-electron chi connectivity index (χ3n) is 9.68. The average molecular weight is 903 g/mol. The minimum Gasteiger partial charge on any atom is -0.509 e. The maximum Gasteiger partial charge on any atom is 0.416 e. The van der Waals surface area contributed by atoms with Crippen LogP contribution in [-0.2, 0) is 38.1 Å². The molecule has 278 valence electrons. The van der Waals surface area contributed by atoms with E-state index in [2.05, 4.69) is 94.6 Å². The first-order valence-electron chi connectivity index (χ1n) is 17.5. The topological polar surface area (TPSA) is 33.5 Å². The number of anilines is 4. The SMILES string of the molecule is CC(C)(C)c1cc(Oc2[c-]c3c(cc2)c2ccccc2n3-c2cc(C(C)(C)C)ccn2)[c-]c(N2[CH-]N(c3ccc(C(F)(F)F)cc3)c3ccccc32)c1.[Pt]. The van der Waals surface area contributed by atoms with Crippen LogP contribution in [0.15, 0.2) is 115 Å². The molecule has 0 atom stereocenters. The Balaban J connectivity index is 0.00000450. The molecule has 0 unspecified atom stereocenters. The van der Waals surface area contributed by atoms with Crippen molar-refractivity contribution in [2.24, 2.45) is 0 Å². The Morgan fingerprint density at radius 2 is 1.30 bits per heavy atom. The molecule has 7 aromatic rings. The fourth-order valence-corrected chi connectivity index (χ4v) is 6.76. The summed E-state index contributed by atoms with van der Waals surface area (Å²) >= 11 is 0. The smallest absolute Gasteiger partial charge is 0.416 e. The molecule has 0 bridgehead atoms. The Kier molecular flexibility index (Phi) is 9.42. The molecule has 0 amide bonds. The summed E-state index contributed by atoms with van der Waals surface area (Å²) in [6, 6.07) is 40.6. The van der Waals surface area contributed by atoms with Crippen molar-refractivity contribution in [1.82, 2.24) is 9.55 Å². The van der Waals surface area contributed by atoms with Crippen molar-refractivity contribution < 1.29 is 39.0 Å². The van der Waals surface area contributed by atoms with Gasteiger partial charge >= 0.3 is 6.18 Å². The molecule has 5 aromatic carbocycles. The molecule has 0 fully saturated rings. The van der Waals surface area contributed by atoms with Crippen LogP contribution in [-0.4, -0.2) is 9.55 Å². The van der Waals surface area contributed by atoms with Gasteiger partial charge in [0, 0.05) is 61.3 Å². The number of nitrogens with zero attached hydrogens (tertiary/aromatic N) is 4. The Morgan fingerprint density at radius 3 is 1.98 bits per heavy atom. The average Bonchev–Trinajstić information content (AvgIpc) is 3.67. The van der Waals surface area contributed by atoms with E-state index in [0.29, 0.717) is 17.2 Å². The zero-order chi connectivity index (χ0) is 37.3. The molecular formula is C45H38F3N4OPt-3. The monoisotopic (exact) mass is 902 g/mol. The molecule has 8 rings (SSSR count). The molecule has 0 saturated carbocycles. The second-order valence-electron chi connectivity index (χ2n) is 15.4. The van der Waals surface area contributed by atoms with Crippen molar-refractivity contribution in [2.45, 2.75) is 58.5 Å². The van der Waals surface area contributed by atoms with E-state index in [-0.39, 0.29) is 31.9 Å². The van der Waals surface area contributed by atoms with Crippen molar-refractivity contribution in [3.05, 3.63) is 151 Å². The van der Waals surface area contributed by atoms with Crippen molar-refractivity contribution >= 4 is 44.6 Å². The summed E-state index contributed by atoms with van der Waals surface area (Å²) in [5.74, 6) is 1.85. The van der Waals surface area contributed by atoms with E-state index in [1.165, 1.54) is 17.7 Å². The largest absolute Gasteiger partial charge is 0.509 e. The zero-order valence-electron chi connectivity index (χ0n) is 30.7. The van der Waals surface area contributed by atoms with E-state index in [9.17, 15) is 13.2 Å². The van der Waals surface area contributed by atoms with Crippen molar-refractivity contribution in [3.8, 4) is 17.3 Å². The van der Waals surface area contributed by atoms with Crippen LogP contribution in [0.1, 0.15) is 58.2 Å². The van der Waals surface area contributed by atoms with Crippen LogP contribution < -0.4 is 14.5 Å². The molecule has 5 nitrogen and oxygen atoms in total. The minimum absolute atomic E-state index is 0. The third kappa shape index (κ3) is 6.88. The van der Waals surface area contributed by atoms with Gasteiger partial charge in [-0.2, -0.15) is 19.2 Å². The Labute approximate surface area is 328 Å². The van der Waals surface area contributed by atoms with Crippen LogP contribution in [0.4, 0.5) is 35.9 Å². The molecule has 54 heavy (non-hydrogen) atoms. The minimum atomic E-state index is -4.41. The summed E-state index contributed by atoms with van der Waals surface area (Å²) in [7, 11) is 0. The first-order valence-corrected chi connectivity index (χ1v) is 17.5. The van der Waals surface area contributed by atoms with Gasteiger partial charge in [-0.25, -0.2) is 4.98 Å². The number of pyridine rings is 1. The quantitative estimate of drug-likeness (QED) is 0.161. The maximum absolute atomic E-state index is 13.4. The molecule has 9 heteroatoms. The van der Waals surface area contributed by atoms with Gasteiger partial charge in [0.1, 0.15) is 5.82 Å². The van der Waals surface area contributed by atoms with Crippen LogP contribution >= 0.6 is 0 Å². The van der Waals surface area contributed by atoms with E-state index in [1.54, 1.807) is 0 Å². The summed E-state index contributed by atoms with van der Waals surface area (Å²) in [5, 5.41) is 2.13. The van der Waals surface area contributed by atoms with E-state index in [4.69, 9.17) is 9.72 Å². The maximum atomic E-state index is 13.4. The van der Waals surface area contributed by atoms with Gasteiger partial charge in [-0.3, -0.25) is 0 Å². The van der Waals surface area contributed by atoms with Crippen molar-refractivity contribution in [2.75, 3.05) is 9.80 Å². The van der Waals surface area contributed by atoms with Crippen LogP contribution in [0.2, 0.25) is 0 Å². The number of halogens is 3. The van der Waals surface area contributed by atoms with Crippen LogP contribution in [0.3, 0.4) is 0 Å². The number of alkyl halides is 3. The molecule has 0 aliphatic carbocycles. The van der Waals surface area contributed by atoms with Gasteiger partial charge < -0.3 is 19.1 Å². The van der Waals surface area contributed by atoms with Crippen molar-refractivity contribution in [3.63, 3.8) is 0 Å². The van der Waals surface area contributed by atoms with E-state index in [1.807, 2.05) is 71.2 Å². The Morgan fingerprint density at radius 1 is 0.630 bits per heavy atom. The van der Waals surface area contributed by atoms with Gasteiger partial charge in [-0.15, -0.1) is 53.6 Å². The third-order valence-corrected chi connectivity index (χ3v) is 9.68. The predicted octanol–water partition coefficient (Wildman–Crippen LogP) is 12.6. The van der Waals surface area contributed by atoms with Crippen LogP contribution in [0, 0.1) is 18.8 Å². The van der Waals surface area contributed by atoms with Gasteiger partial charge in [-0.05, 0) is 76.4 Å². The van der Waals surface area contributed by atoms with Crippen LogP contribution in [0.25, 0.3) is 27.6 Å². The van der Waals surface area contributed by atoms with E-state index < -0.39 is 11.7 Å². The van der Waals surface area contributed by atoms with Crippen molar-refractivity contribution in [1.29, 1.82) is 0 Å². The molecule has 0 saturated heterocycles. The summed E-state index contributed by atoms with van der Waals surface area (Å²) in [6.45, 7) is 14.9. The number of hydrogen-bond acceptors (Lipinski definition) is 4. The van der Waals surface area contributed by atoms with Gasteiger partial charge in [0.2, 0.25) is 0 Å². The first-order chi connectivity index (χ1) is 25.1. The summed E-state index contributed by atoms with van der Waals surface area (Å²) in [5.41, 5.74) is 6.14. The molecule has 1 aliphatic rings. The molecule has 0 N–H and O–H groups in total. The molecular weight excluding hydrogens is 865 g/mol. The standard InChI is InChI=1S/C45H38F3N4O.Pt/c1-43(2,3)30-21-22-49-42(25-30)52-38-12-8-7-11-36(38)37-20-19-34(27-41(37)52)53-35-24-31(44(4,5)6)23-33(26-35)51-28-50(39-13-9-10-14-40(39)51)32-17-15-29(16-18-32)45(46,47)48;/h7-25,28H,1-6H3;/q-3;. The van der Waals surface area contributed by atoms with Crippen LogP contribution in [0.5, 0.6) is 11.5 Å². The number of fused-ring (bicyclic) bond motifs is 4. The number of rotatable bonds is 5. The molecule has 2 aromatic heterocycles. The van der Waals surface area contributed by atoms with E-state index in [0.717, 1.165) is 62.4 Å². The summed E-state index contributed by atoms with van der Waals surface area (Å²) < 4.78 is 48.9. The molecule has 3 heterocycles. The van der Waals surface area contributed by atoms with Gasteiger partial charge in [0.15, 0.2) is 0 Å². The normalized spacial score (nSPS) is 13.4. The second-order valence-corrected chi connectivity index (χ2v) is 15.4. The van der Waals surface area contributed by atoms with E-state index >= 15 is 0 Å².